The number of fused-ring (bicyclic) bond motifs is 1. The van der Waals surface area contributed by atoms with E-state index in [2.05, 4.69) is 15.5 Å². The van der Waals surface area contributed by atoms with Gasteiger partial charge in [0.2, 0.25) is 5.13 Å². The van der Waals surface area contributed by atoms with E-state index in [4.69, 9.17) is 4.42 Å². The van der Waals surface area contributed by atoms with Crippen molar-refractivity contribution in [2.24, 2.45) is 0 Å². The van der Waals surface area contributed by atoms with Gasteiger partial charge < -0.3 is 14.6 Å². The number of hydrogen-bond acceptors (Lipinski definition) is 6. The second kappa shape index (κ2) is 8.04. The van der Waals surface area contributed by atoms with Crippen molar-refractivity contribution in [1.29, 1.82) is 0 Å². The Morgan fingerprint density at radius 2 is 1.68 bits per heavy atom. The van der Waals surface area contributed by atoms with Crippen molar-refractivity contribution in [3.8, 4) is 10.6 Å². The third kappa shape index (κ3) is 3.91. The molecule has 0 aliphatic heterocycles. The molecule has 31 heavy (non-hydrogen) atoms. The van der Waals surface area contributed by atoms with Crippen molar-refractivity contribution in [3.05, 3.63) is 90.7 Å². The van der Waals surface area contributed by atoms with E-state index in [1.807, 2.05) is 90.8 Å². The van der Waals surface area contributed by atoms with Crippen molar-refractivity contribution < 1.29 is 9.21 Å². The summed E-state index contributed by atoms with van der Waals surface area (Å²) < 4.78 is 5.62. The summed E-state index contributed by atoms with van der Waals surface area (Å²) in [6.45, 7) is 0. The summed E-state index contributed by atoms with van der Waals surface area (Å²) >= 11 is 1.51. The zero-order valence-corrected chi connectivity index (χ0v) is 17.5. The van der Waals surface area contributed by atoms with Crippen LogP contribution in [0.2, 0.25) is 0 Å². The lowest BCUT2D eigenvalue weighted by molar-refractivity contribution is 0.0998. The number of anilines is 3. The smallest absolute Gasteiger partial charge is 0.291 e. The van der Waals surface area contributed by atoms with Crippen LogP contribution >= 0.6 is 11.3 Å². The first kappa shape index (κ1) is 19.0. The fourth-order valence-corrected chi connectivity index (χ4v) is 4.04. The Morgan fingerprint density at radius 3 is 2.45 bits per heavy atom. The van der Waals surface area contributed by atoms with Gasteiger partial charge in [0.15, 0.2) is 5.76 Å². The Kier molecular flexibility index (Phi) is 4.93. The topological polar surface area (TPSA) is 71.3 Å². The molecular weight excluding hydrogens is 408 g/mol. The Bertz CT molecular complexity index is 1310. The highest BCUT2D eigenvalue weighted by Gasteiger charge is 2.14. The summed E-state index contributed by atoms with van der Waals surface area (Å²) in [6.07, 6.45) is 0. The number of rotatable bonds is 5. The summed E-state index contributed by atoms with van der Waals surface area (Å²) in [5.41, 5.74) is 3.36. The standard InChI is InChI=1S/C24H18N4O2S/c1-28(19-8-3-2-4-9-19)24-27-26-23(31-24)16-11-13-18(14-12-16)25-22(29)21-15-17-7-5-6-10-20(17)30-21/h2-15H,1H3,(H,25,29). The number of hydrogen-bond donors (Lipinski definition) is 1. The fourth-order valence-electron chi connectivity index (χ4n) is 3.21. The fraction of sp³-hybridized carbons (Fsp3) is 0.0417. The van der Waals surface area contributed by atoms with Crippen LogP contribution in [0.25, 0.3) is 21.5 Å². The van der Waals surface area contributed by atoms with Crippen LogP contribution in [0.15, 0.2) is 89.3 Å². The number of benzene rings is 3. The quantitative estimate of drug-likeness (QED) is 0.375. The summed E-state index contributed by atoms with van der Waals surface area (Å²) in [4.78, 5) is 14.5. The zero-order valence-electron chi connectivity index (χ0n) is 16.6. The molecule has 2 heterocycles. The maximum absolute atomic E-state index is 12.5. The molecule has 1 amide bonds. The Labute approximate surface area is 182 Å². The molecule has 5 aromatic rings. The van der Waals surface area contributed by atoms with Gasteiger partial charge in [0.1, 0.15) is 10.6 Å². The minimum atomic E-state index is -0.286. The predicted molar refractivity (Wildman–Crippen MR) is 124 cm³/mol. The van der Waals surface area contributed by atoms with Gasteiger partial charge in [-0.2, -0.15) is 0 Å². The molecule has 0 saturated heterocycles. The summed E-state index contributed by atoms with van der Waals surface area (Å²) in [5.74, 6) is -0.00497. The average molecular weight is 427 g/mol. The number of para-hydroxylation sites is 2. The van der Waals surface area contributed by atoms with Gasteiger partial charge in [0.05, 0.1) is 0 Å². The van der Waals surface area contributed by atoms with Crippen LogP contribution in [-0.4, -0.2) is 23.2 Å². The van der Waals surface area contributed by atoms with Gasteiger partial charge in [0, 0.05) is 29.4 Å². The van der Waals surface area contributed by atoms with E-state index in [-0.39, 0.29) is 11.7 Å². The normalized spacial score (nSPS) is 10.9. The molecule has 0 radical (unpaired) electrons. The van der Waals surface area contributed by atoms with Crippen LogP contribution in [0, 0.1) is 0 Å². The van der Waals surface area contributed by atoms with E-state index in [9.17, 15) is 4.79 Å². The summed E-state index contributed by atoms with van der Waals surface area (Å²) in [5, 5.41) is 14.0. The molecule has 0 fully saturated rings. The van der Waals surface area contributed by atoms with Gasteiger partial charge in [0.25, 0.3) is 5.91 Å². The maximum Gasteiger partial charge on any atom is 0.291 e. The SMILES string of the molecule is CN(c1ccccc1)c1nnc(-c2ccc(NC(=O)c3cc4ccccc4o3)cc2)s1. The summed E-state index contributed by atoms with van der Waals surface area (Å²) in [6, 6.07) is 26.8. The first-order valence-corrected chi connectivity index (χ1v) is 10.5. The number of nitrogens with zero attached hydrogens (tertiary/aromatic N) is 3. The minimum absolute atomic E-state index is 0.281. The molecule has 3 aromatic carbocycles. The second-order valence-corrected chi connectivity index (χ2v) is 7.92. The highest BCUT2D eigenvalue weighted by molar-refractivity contribution is 7.18. The molecule has 6 nitrogen and oxygen atoms in total. The van der Waals surface area contributed by atoms with Crippen LogP contribution in [0.1, 0.15) is 10.6 Å². The van der Waals surface area contributed by atoms with Gasteiger partial charge in [-0.1, -0.05) is 47.7 Å². The van der Waals surface area contributed by atoms with Crippen molar-refractivity contribution in [1.82, 2.24) is 10.2 Å². The van der Waals surface area contributed by atoms with E-state index < -0.39 is 0 Å². The van der Waals surface area contributed by atoms with Crippen LogP contribution in [0.5, 0.6) is 0 Å². The molecule has 0 saturated carbocycles. The number of furan rings is 1. The lowest BCUT2D eigenvalue weighted by atomic mass is 10.2. The number of aromatic nitrogens is 2. The van der Waals surface area contributed by atoms with E-state index in [0.29, 0.717) is 11.3 Å². The Hall–Kier alpha value is -3.97. The van der Waals surface area contributed by atoms with Gasteiger partial charge in [-0.05, 0) is 48.5 Å². The maximum atomic E-state index is 12.5. The van der Waals surface area contributed by atoms with E-state index >= 15 is 0 Å². The highest BCUT2D eigenvalue weighted by Crippen LogP contribution is 2.32. The van der Waals surface area contributed by atoms with Crippen molar-refractivity contribution in [3.63, 3.8) is 0 Å². The molecule has 0 atom stereocenters. The molecule has 5 rings (SSSR count). The van der Waals surface area contributed by atoms with Gasteiger partial charge in [-0.3, -0.25) is 4.79 Å². The first-order chi connectivity index (χ1) is 15.2. The van der Waals surface area contributed by atoms with Gasteiger partial charge in [-0.25, -0.2) is 0 Å². The van der Waals surface area contributed by atoms with E-state index in [1.165, 1.54) is 11.3 Å². The summed E-state index contributed by atoms with van der Waals surface area (Å²) in [7, 11) is 1.97. The molecule has 0 bridgehead atoms. The number of nitrogens with one attached hydrogen (secondary N) is 1. The van der Waals surface area contributed by atoms with Gasteiger partial charge in [-0.15, -0.1) is 10.2 Å². The van der Waals surface area contributed by atoms with Crippen molar-refractivity contribution in [2.45, 2.75) is 0 Å². The largest absolute Gasteiger partial charge is 0.451 e. The molecule has 0 unspecified atom stereocenters. The predicted octanol–water partition coefficient (Wildman–Crippen LogP) is 5.97. The molecule has 2 aromatic heterocycles. The van der Waals surface area contributed by atoms with Crippen LogP contribution in [0.3, 0.4) is 0 Å². The van der Waals surface area contributed by atoms with Crippen LogP contribution < -0.4 is 10.2 Å². The van der Waals surface area contributed by atoms with Crippen molar-refractivity contribution in [2.75, 3.05) is 17.3 Å². The second-order valence-electron chi connectivity index (χ2n) is 6.96. The molecule has 1 N–H and O–H groups in total. The van der Waals surface area contributed by atoms with Crippen LogP contribution in [-0.2, 0) is 0 Å². The third-order valence-corrected chi connectivity index (χ3v) is 5.93. The monoisotopic (exact) mass is 426 g/mol. The molecular formula is C24H18N4O2S. The number of amides is 1. The minimum Gasteiger partial charge on any atom is -0.451 e. The first-order valence-electron chi connectivity index (χ1n) is 9.70. The van der Waals surface area contributed by atoms with E-state index in [0.717, 1.165) is 26.8 Å². The molecule has 0 aliphatic carbocycles. The molecule has 152 valence electrons. The Morgan fingerprint density at radius 1 is 0.935 bits per heavy atom. The number of carbonyl (C=O) groups is 1. The third-order valence-electron chi connectivity index (χ3n) is 4.88. The highest BCUT2D eigenvalue weighted by atomic mass is 32.1. The van der Waals surface area contributed by atoms with E-state index in [1.54, 1.807) is 6.07 Å². The van der Waals surface area contributed by atoms with Crippen LogP contribution in [0.4, 0.5) is 16.5 Å². The van der Waals surface area contributed by atoms with Gasteiger partial charge >= 0.3 is 0 Å². The molecule has 0 aliphatic rings. The number of carbonyl (C=O) groups excluding carboxylic acids is 1. The molecule has 7 heteroatoms. The lowest BCUT2D eigenvalue weighted by Gasteiger charge is -2.14. The Balaban J connectivity index is 1.30. The average Bonchev–Trinajstić information content (AvgIpc) is 3.47. The zero-order chi connectivity index (χ0) is 21.2. The lowest BCUT2D eigenvalue weighted by Crippen LogP contribution is -2.10. The molecule has 0 spiro atoms. The van der Waals surface area contributed by atoms with Crippen molar-refractivity contribution >= 4 is 44.7 Å².